The summed E-state index contributed by atoms with van der Waals surface area (Å²) in [5, 5.41) is 18.0. The average Bonchev–Trinajstić information content (AvgIpc) is 2.51. The van der Waals surface area contributed by atoms with Crippen molar-refractivity contribution >= 4 is 41.2 Å². The molecule has 0 amide bonds. The second kappa shape index (κ2) is 9.79. The van der Waals surface area contributed by atoms with Crippen LogP contribution < -0.4 is 5.73 Å². The highest BCUT2D eigenvalue weighted by atomic mass is 35.5. The number of nitrogens with zero attached hydrogens (tertiary/aromatic N) is 2. The zero-order chi connectivity index (χ0) is 18.1. The van der Waals surface area contributed by atoms with Crippen LogP contribution in [0.3, 0.4) is 0 Å². The summed E-state index contributed by atoms with van der Waals surface area (Å²) in [5.74, 6) is -1.90. The van der Waals surface area contributed by atoms with Crippen molar-refractivity contribution in [1.82, 2.24) is 0 Å². The van der Waals surface area contributed by atoms with Crippen molar-refractivity contribution in [2.75, 3.05) is 13.2 Å². The third-order valence-electron chi connectivity index (χ3n) is 2.55. The lowest BCUT2D eigenvalue weighted by atomic mass is 10.2. The van der Waals surface area contributed by atoms with Crippen molar-refractivity contribution in [1.29, 1.82) is 0 Å². The Morgan fingerprint density at radius 1 is 1.25 bits per heavy atom. The van der Waals surface area contributed by atoms with Gasteiger partial charge in [-0.05, 0) is 31.5 Å². The van der Waals surface area contributed by atoms with E-state index in [4.69, 9.17) is 38.4 Å². The van der Waals surface area contributed by atoms with E-state index in [0.29, 0.717) is 15.6 Å². The SMILES string of the molecule is CCOC(=O)C(=C(/O)OCC)/C(N)=N\N=C/c1ccc(Cl)c(Cl)c1. The van der Waals surface area contributed by atoms with E-state index in [1.807, 2.05) is 0 Å². The third kappa shape index (κ3) is 5.75. The minimum absolute atomic E-state index is 0.0988. The predicted octanol–water partition coefficient (Wildman–Crippen LogP) is 3.05. The molecule has 0 saturated carbocycles. The van der Waals surface area contributed by atoms with Crippen molar-refractivity contribution in [3.05, 3.63) is 45.3 Å². The van der Waals surface area contributed by atoms with Gasteiger partial charge in [-0.15, -0.1) is 5.10 Å². The van der Waals surface area contributed by atoms with Gasteiger partial charge in [0.2, 0.25) is 0 Å². The number of hydrogen-bond donors (Lipinski definition) is 2. The summed E-state index contributed by atoms with van der Waals surface area (Å²) in [6, 6.07) is 4.85. The van der Waals surface area contributed by atoms with E-state index < -0.39 is 17.5 Å². The molecule has 0 aliphatic heterocycles. The van der Waals surface area contributed by atoms with E-state index in [2.05, 4.69) is 10.2 Å². The van der Waals surface area contributed by atoms with Gasteiger partial charge in [0.15, 0.2) is 11.4 Å². The zero-order valence-corrected chi connectivity index (χ0v) is 14.6. The number of amidine groups is 1. The predicted molar refractivity (Wildman–Crippen MR) is 93.6 cm³/mol. The van der Waals surface area contributed by atoms with Gasteiger partial charge in [0, 0.05) is 0 Å². The number of hydrogen-bond acceptors (Lipinski definition) is 6. The normalized spacial score (nSPS) is 12.9. The number of ether oxygens (including phenoxy) is 2. The molecule has 9 heteroatoms. The average molecular weight is 374 g/mol. The number of nitrogens with two attached hydrogens (primary N) is 1. The second-order valence-electron chi connectivity index (χ2n) is 4.24. The topological polar surface area (TPSA) is 106 Å². The van der Waals surface area contributed by atoms with E-state index in [0.717, 1.165) is 0 Å². The van der Waals surface area contributed by atoms with Crippen molar-refractivity contribution in [3.8, 4) is 0 Å². The highest BCUT2D eigenvalue weighted by Gasteiger charge is 2.22. The minimum atomic E-state index is -0.866. The number of esters is 1. The fraction of sp³-hybridized carbons (Fsp3) is 0.267. The molecule has 7 nitrogen and oxygen atoms in total. The molecule has 1 aromatic rings. The standard InChI is InChI=1S/C15H17Cl2N3O4/c1-3-23-14(21)12(15(22)24-4-2)13(18)20-19-8-9-5-6-10(16)11(17)7-9/h5-8,21H,3-4H2,1-2H3,(H2,18,20)/b14-12-,19-8-. The number of aliphatic hydroxyl groups is 1. The van der Waals surface area contributed by atoms with Gasteiger partial charge in [0.05, 0.1) is 29.5 Å². The fourth-order valence-electron chi connectivity index (χ4n) is 1.51. The Kier molecular flexibility index (Phi) is 8.08. The first-order valence-corrected chi connectivity index (χ1v) is 7.71. The molecule has 1 rings (SSSR count). The number of benzene rings is 1. The van der Waals surface area contributed by atoms with E-state index in [1.54, 1.807) is 32.0 Å². The summed E-state index contributed by atoms with van der Waals surface area (Å²) >= 11 is 11.7. The molecule has 1 aromatic carbocycles. The van der Waals surface area contributed by atoms with Gasteiger partial charge in [-0.25, -0.2) is 4.79 Å². The highest BCUT2D eigenvalue weighted by molar-refractivity contribution is 6.42. The van der Waals surface area contributed by atoms with Crippen molar-refractivity contribution in [3.63, 3.8) is 0 Å². The highest BCUT2D eigenvalue weighted by Crippen LogP contribution is 2.21. The summed E-state index contributed by atoms with van der Waals surface area (Å²) in [7, 11) is 0. The number of carbonyl (C=O) groups is 1. The molecule has 0 spiro atoms. The lowest BCUT2D eigenvalue weighted by Crippen LogP contribution is -2.25. The maximum absolute atomic E-state index is 11.9. The van der Waals surface area contributed by atoms with Crippen LogP contribution in [0.5, 0.6) is 0 Å². The van der Waals surface area contributed by atoms with E-state index in [1.165, 1.54) is 6.21 Å². The van der Waals surface area contributed by atoms with Crippen LogP contribution in [0.1, 0.15) is 19.4 Å². The molecule has 0 atom stereocenters. The summed E-state index contributed by atoms with van der Waals surface area (Å²) in [6.45, 7) is 3.48. The Bertz CT molecular complexity index is 687. The molecule has 0 heterocycles. The lowest BCUT2D eigenvalue weighted by molar-refractivity contribution is -0.138. The molecule has 0 radical (unpaired) electrons. The Morgan fingerprint density at radius 3 is 2.50 bits per heavy atom. The van der Waals surface area contributed by atoms with Crippen molar-refractivity contribution in [2.45, 2.75) is 13.8 Å². The second-order valence-corrected chi connectivity index (χ2v) is 5.05. The maximum Gasteiger partial charge on any atom is 0.349 e. The lowest BCUT2D eigenvalue weighted by Gasteiger charge is -2.08. The molecule has 0 aliphatic rings. The molecule has 0 fully saturated rings. The molecule has 24 heavy (non-hydrogen) atoms. The molecule has 0 aromatic heterocycles. The van der Waals surface area contributed by atoms with Crippen LogP contribution in [0.2, 0.25) is 10.0 Å². The third-order valence-corrected chi connectivity index (χ3v) is 3.29. The zero-order valence-electron chi connectivity index (χ0n) is 13.1. The molecular weight excluding hydrogens is 357 g/mol. The molecule has 0 saturated heterocycles. The quantitative estimate of drug-likeness (QED) is 0.191. The fourth-order valence-corrected chi connectivity index (χ4v) is 1.82. The van der Waals surface area contributed by atoms with Gasteiger partial charge >= 0.3 is 5.97 Å². The van der Waals surface area contributed by atoms with Crippen molar-refractivity contribution in [2.24, 2.45) is 15.9 Å². The first kappa shape index (κ1) is 19.8. The number of aliphatic hydroxyl groups excluding tert-OH is 1. The molecule has 0 unspecified atom stereocenters. The van der Waals surface area contributed by atoms with E-state index >= 15 is 0 Å². The minimum Gasteiger partial charge on any atom is -0.480 e. The van der Waals surface area contributed by atoms with Crippen LogP contribution in [0.4, 0.5) is 0 Å². The monoisotopic (exact) mass is 373 g/mol. The number of halogens is 2. The Labute approximate surface area is 149 Å². The first-order valence-electron chi connectivity index (χ1n) is 6.95. The molecule has 130 valence electrons. The summed E-state index contributed by atoms with van der Waals surface area (Å²) in [4.78, 5) is 11.9. The Morgan fingerprint density at radius 2 is 1.92 bits per heavy atom. The van der Waals surface area contributed by atoms with Crippen molar-refractivity contribution < 1.29 is 19.4 Å². The number of carbonyl (C=O) groups excluding carboxylic acids is 1. The van der Waals surface area contributed by atoms with Crippen LogP contribution in [0.15, 0.2) is 39.9 Å². The van der Waals surface area contributed by atoms with Crippen LogP contribution >= 0.6 is 23.2 Å². The van der Waals surface area contributed by atoms with Crippen LogP contribution in [-0.4, -0.2) is 36.3 Å². The Balaban J connectivity index is 3.04. The van der Waals surface area contributed by atoms with Crippen LogP contribution in [0.25, 0.3) is 0 Å². The van der Waals surface area contributed by atoms with Gasteiger partial charge in [0.1, 0.15) is 0 Å². The first-order chi connectivity index (χ1) is 11.4. The molecule has 3 N–H and O–H groups in total. The van der Waals surface area contributed by atoms with Gasteiger partial charge in [-0.2, -0.15) is 5.10 Å². The smallest absolute Gasteiger partial charge is 0.349 e. The summed E-state index contributed by atoms with van der Waals surface area (Å²) in [6.07, 6.45) is 1.36. The Hall–Kier alpha value is -2.25. The van der Waals surface area contributed by atoms with Gasteiger partial charge in [-0.3, -0.25) is 0 Å². The van der Waals surface area contributed by atoms with Gasteiger partial charge in [0.25, 0.3) is 5.95 Å². The van der Waals surface area contributed by atoms with E-state index in [-0.39, 0.29) is 19.0 Å². The number of rotatable bonds is 7. The molecule has 0 bridgehead atoms. The largest absolute Gasteiger partial charge is 0.480 e. The summed E-state index contributed by atoms with van der Waals surface area (Å²) in [5.41, 5.74) is 5.91. The van der Waals surface area contributed by atoms with Gasteiger partial charge < -0.3 is 20.3 Å². The van der Waals surface area contributed by atoms with Crippen LogP contribution in [-0.2, 0) is 14.3 Å². The summed E-state index contributed by atoms with van der Waals surface area (Å²) < 4.78 is 9.68. The van der Waals surface area contributed by atoms with E-state index in [9.17, 15) is 9.90 Å². The van der Waals surface area contributed by atoms with Gasteiger partial charge in [-0.1, -0.05) is 29.3 Å². The molecular formula is C15H17Cl2N3O4. The van der Waals surface area contributed by atoms with Crippen LogP contribution in [0, 0.1) is 0 Å². The molecule has 0 aliphatic carbocycles. The maximum atomic E-state index is 11.9.